The highest BCUT2D eigenvalue weighted by molar-refractivity contribution is 7.30. The number of unbranched alkanes of at least 4 members (excludes halogenated alkanes) is 38. The van der Waals surface area contributed by atoms with Crippen LogP contribution in [0.25, 0.3) is 0 Å². The Kier molecular flexibility index (Phi) is 42.1. The third kappa shape index (κ3) is 44.0. The van der Waals surface area contributed by atoms with Crippen LogP contribution in [0.2, 0.25) is 0 Å². The van der Waals surface area contributed by atoms with Crippen molar-refractivity contribution in [2.45, 2.75) is 257 Å². The van der Waals surface area contributed by atoms with Gasteiger partial charge in [-0.3, -0.25) is 0 Å². The molecule has 0 aliphatic rings. The minimum Gasteiger partial charge on any atom is -0.566 e. The minimum absolute atomic E-state index is 0.360. The van der Waals surface area contributed by atoms with Crippen LogP contribution in [0, 0.1) is 0 Å². The lowest BCUT2D eigenvalue weighted by atomic mass is 10.0. The van der Waals surface area contributed by atoms with Gasteiger partial charge in [-0.2, -0.15) is 0 Å². The zero-order chi connectivity index (χ0) is 32.6. The molecule has 0 rings (SSSR count). The summed E-state index contributed by atoms with van der Waals surface area (Å²) in [5.74, 6) is 0. The summed E-state index contributed by atoms with van der Waals surface area (Å²) in [4.78, 5) is 10.3. The van der Waals surface area contributed by atoms with Gasteiger partial charge in [-0.15, -0.1) is 4.52 Å². The molecular weight excluding hydrogens is 571 g/mol. The van der Waals surface area contributed by atoms with Crippen molar-refractivity contribution in [2.75, 3.05) is 6.61 Å². The molecule has 3 nitrogen and oxygen atoms in total. The van der Waals surface area contributed by atoms with E-state index in [-0.39, 0.29) is 0 Å². The summed E-state index contributed by atoms with van der Waals surface area (Å²) in [7, 11) is -2.65. The monoisotopic (exact) mass is 655 g/mol. The fourth-order valence-electron chi connectivity index (χ4n) is 6.86. The first-order valence-electron chi connectivity index (χ1n) is 21.0. The SMILES string of the molecule is CCCCCCCCCCCCCCCCCCCCCCCCCCCCCCCCCCCCCCCCCO[P+](=O)[O-]. The van der Waals surface area contributed by atoms with Gasteiger partial charge in [0.2, 0.25) is 0 Å². The Morgan fingerprint density at radius 3 is 0.622 bits per heavy atom. The van der Waals surface area contributed by atoms with Crippen LogP contribution in [0.1, 0.15) is 257 Å². The van der Waals surface area contributed by atoms with Gasteiger partial charge in [0.15, 0.2) is 0 Å². The van der Waals surface area contributed by atoms with Crippen LogP contribution in [0.3, 0.4) is 0 Å². The largest absolute Gasteiger partial charge is 0.566 e. The van der Waals surface area contributed by atoms with Crippen LogP contribution < -0.4 is 4.89 Å². The average molecular weight is 655 g/mol. The third-order valence-corrected chi connectivity index (χ3v) is 10.3. The molecule has 270 valence electrons. The van der Waals surface area contributed by atoms with Crippen LogP contribution in [0.15, 0.2) is 0 Å². The van der Waals surface area contributed by atoms with Crippen molar-refractivity contribution in [3.63, 3.8) is 0 Å². The molecule has 0 aliphatic carbocycles. The van der Waals surface area contributed by atoms with Gasteiger partial charge >= 0.3 is 8.25 Å². The van der Waals surface area contributed by atoms with Crippen LogP contribution in [0.5, 0.6) is 0 Å². The molecule has 0 N–H and O–H groups in total. The Labute approximate surface area is 285 Å². The van der Waals surface area contributed by atoms with Crippen molar-refractivity contribution in [3.05, 3.63) is 0 Å². The van der Waals surface area contributed by atoms with Gasteiger partial charge in [0.25, 0.3) is 0 Å². The van der Waals surface area contributed by atoms with Crippen molar-refractivity contribution in [3.8, 4) is 0 Å². The van der Waals surface area contributed by atoms with Gasteiger partial charge in [0.05, 0.1) is 0 Å². The van der Waals surface area contributed by atoms with E-state index in [4.69, 9.17) is 0 Å². The second-order valence-corrected chi connectivity index (χ2v) is 15.2. The molecule has 0 spiro atoms. The van der Waals surface area contributed by atoms with E-state index in [9.17, 15) is 9.46 Å². The molecule has 0 aromatic heterocycles. The molecule has 4 heteroatoms. The zero-order valence-electron chi connectivity index (χ0n) is 31.0. The molecule has 0 aromatic carbocycles. The van der Waals surface area contributed by atoms with E-state index in [0.29, 0.717) is 6.61 Å². The predicted molar refractivity (Wildman–Crippen MR) is 199 cm³/mol. The van der Waals surface area contributed by atoms with E-state index in [1.807, 2.05) is 0 Å². The summed E-state index contributed by atoms with van der Waals surface area (Å²) >= 11 is 0. The quantitative estimate of drug-likeness (QED) is 0.0487. The van der Waals surface area contributed by atoms with Crippen molar-refractivity contribution in [2.24, 2.45) is 0 Å². The first-order chi connectivity index (χ1) is 22.3. The molecule has 0 heterocycles. The lowest BCUT2D eigenvalue weighted by Crippen LogP contribution is -1.93. The summed E-state index contributed by atoms with van der Waals surface area (Å²) in [5.41, 5.74) is 0. The molecule has 0 fully saturated rings. The second-order valence-electron chi connectivity index (χ2n) is 14.5. The van der Waals surface area contributed by atoms with Crippen LogP contribution >= 0.6 is 8.25 Å². The smallest absolute Gasteiger partial charge is 0.488 e. The maximum atomic E-state index is 10.3. The fourth-order valence-corrected chi connectivity index (χ4v) is 7.13. The molecule has 0 saturated carbocycles. The summed E-state index contributed by atoms with van der Waals surface area (Å²) in [5, 5.41) is 0. The number of hydrogen-bond acceptors (Lipinski definition) is 3. The zero-order valence-corrected chi connectivity index (χ0v) is 31.9. The standard InChI is InChI=1S/C41H83O3P/c1-2-3-4-5-6-7-8-9-10-11-12-13-14-15-16-17-18-19-20-21-22-23-24-25-26-27-28-29-30-31-32-33-34-35-36-37-38-39-40-41-44-45(42)43/h2-41H2,1H3. The molecular formula is C41H83O3P. The van der Waals surface area contributed by atoms with Crippen molar-refractivity contribution >= 4 is 8.25 Å². The molecule has 0 bridgehead atoms. The third-order valence-electron chi connectivity index (χ3n) is 9.94. The van der Waals surface area contributed by atoms with Crippen molar-refractivity contribution in [1.29, 1.82) is 0 Å². The summed E-state index contributed by atoms with van der Waals surface area (Å²) in [6.07, 6.45) is 55.4. The van der Waals surface area contributed by atoms with Crippen LogP contribution in [-0.4, -0.2) is 6.61 Å². The minimum atomic E-state index is -2.65. The van der Waals surface area contributed by atoms with Gasteiger partial charge < -0.3 is 4.89 Å². The maximum absolute atomic E-state index is 10.3. The van der Waals surface area contributed by atoms with Crippen LogP contribution in [-0.2, 0) is 9.09 Å². The molecule has 0 aliphatic heterocycles. The summed E-state index contributed by atoms with van der Waals surface area (Å²) in [6.45, 7) is 2.66. The Bertz CT molecular complexity index is 541. The fraction of sp³-hybridized carbons (Fsp3) is 1.00. The second kappa shape index (κ2) is 42.0. The lowest BCUT2D eigenvalue weighted by Gasteiger charge is -2.05. The average Bonchev–Trinajstić information content (AvgIpc) is 3.03. The molecule has 0 aromatic rings. The molecule has 0 saturated heterocycles. The van der Waals surface area contributed by atoms with Gasteiger partial charge in [-0.1, -0.05) is 251 Å². The van der Waals surface area contributed by atoms with E-state index in [0.717, 1.165) is 12.8 Å². The van der Waals surface area contributed by atoms with E-state index in [2.05, 4.69) is 11.4 Å². The predicted octanol–water partition coefficient (Wildman–Crippen LogP) is 15.3. The topological polar surface area (TPSA) is 49.4 Å². The van der Waals surface area contributed by atoms with Gasteiger partial charge in [-0.25, -0.2) is 0 Å². The maximum Gasteiger partial charge on any atom is 0.488 e. The van der Waals surface area contributed by atoms with Crippen molar-refractivity contribution in [1.82, 2.24) is 0 Å². The summed E-state index contributed by atoms with van der Waals surface area (Å²) in [6, 6.07) is 0. The van der Waals surface area contributed by atoms with E-state index in [1.54, 1.807) is 0 Å². The van der Waals surface area contributed by atoms with Gasteiger partial charge in [0.1, 0.15) is 6.61 Å². The lowest BCUT2D eigenvalue weighted by molar-refractivity contribution is -0.185. The molecule has 45 heavy (non-hydrogen) atoms. The normalized spacial score (nSPS) is 11.9. The Morgan fingerprint density at radius 2 is 0.467 bits per heavy atom. The summed E-state index contributed by atoms with van der Waals surface area (Å²) < 4.78 is 14.9. The first kappa shape index (κ1) is 45.0. The molecule has 1 unspecified atom stereocenters. The highest BCUT2D eigenvalue weighted by atomic mass is 31.1. The highest BCUT2D eigenvalue weighted by Gasteiger charge is 2.00. The van der Waals surface area contributed by atoms with Crippen molar-refractivity contribution < 1.29 is 14.0 Å². The molecule has 0 radical (unpaired) electrons. The Morgan fingerprint density at radius 1 is 0.311 bits per heavy atom. The highest BCUT2D eigenvalue weighted by Crippen LogP contribution is 2.18. The molecule has 0 amide bonds. The Hall–Kier alpha value is 0.0200. The molecule has 1 atom stereocenters. The van der Waals surface area contributed by atoms with Gasteiger partial charge in [0, 0.05) is 0 Å². The van der Waals surface area contributed by atoms with E-state index < -0.39 is 8.25 Å². The first-order valence-corrected chi connectivity index (χ1v) is 22.1. The van der Waals surface area contributed by atoms with Crippen LogP contribution in [0.4, 0.5) is 0 Å². The number of hydrogen-bond donors (Lipinski definition) is 0. The van der Waals surface area contributed by atoms with E-state index >= 15 is 0 Å². The van der Waals surface area contributed by atoms with Gasteiger partial charge in [-0.05, 0) is 11.0 Å². The van der Waals surface area contributed by atoms with E-state index in [1.165, 1.54) is 238 Å². The Balaban J connectivity index is 3.04. The number of rotatable bonds is 41.